The van der Waals surface area contributed by atoms with Crippen molar-refractivity contribution in [3.63, 3.8) is 0 Å². The zero-order valence-electron chi connectivity index (χ0n) is 15.6. The van der Waals surface area contributed by atoms with Gasteiger partial charge >= 0.3 is 5.97 Å². The van der Waals surface area contributed by atoms with Crippen LogP contribution in [0.15, 0.2) is 24.3 Å². The second-order valence-corrected chi connectivity index (χ2v) is 8.80. The summed E-state index contributed by atoms with van der Waals surface area (Å²) in [6.07, 6.45) is 5.35. The Balaban J connectivity index is 1.21. The average Bonchev–Trinajstić information content (AvgIpc) is 3.02. The lowest BCUT2D eigenvalue weighted by Gasteiger charge is -2.36. The van der Waals surface area contributed by atoms with E-state index in [1.807, 2.05) is 4.90 Å². The Morgan fingerprint density at radius 3 is 2.70 bits per heavy atom. The maximum absolute atomic E-state index is 13.1. The highest BCUT2D eigenvalue weighted by molar-refractivity contribution is 5.85. The van der Waals surface area contributed by atoms with Crippen LogP contribution in [0.25, 0.3) is 0 Å². The second-order valence-electron chi connectivity index (χ2n) is 8.80. The van der Waals surface area contributed by atoms with Crippen molar-refractivity contribution in [1.82, 2.24) is 4.90 Å². The molecule has 0 radical (unpaired) electrons. The smallest absolute Gasteiger partial charge is 0.309 e. The highest BCUT2D eigenvalue weighted by Crippen LogP contribution is 2.62. The second kappa shape index (κ2) is 6.33. The summed E-state index contributed by atoms with van der Waals surface area (Å²) in [6, 6.07) is 8.61. The molecule has 27 heavy (non-hydrogen) atoms. The minimum Gasteiger partial charge on any atom is -0.481 e. The molecule has 4 aliphatic rings. The van der Waals surface area contributed by atoms with Crippen molar-refractivity contribution in [1.29, 1.82) is 0 Å². The van der Waals surface area contributed by atoms with Gasteiger partial charge in [-0.05, 0) is 55.6 Å². The number of carboxylic acid groups (broad SMARTS) is 1. The molecule has 1 saturated carbocycles. The Kier molecular flexibility index (Phi) is 4.04. The molecule has 144 valence electrons. The lowest BCUT2D eigenvalue weighted by Crippen LogP contribution is -2.44. The Hall–Kier alpha value is -1.88. The minimum atomic E-state index is -0.740. The monoisotopic (exact) mass is 369 g/mol. The lowest BCUT2D eigenvalue weighted by atomic mass is 9.84. The number of amides is 1. The molecule has 1 aromatic rings. The predicted octanol–water partition coefficient (Wildman–Crippen LogP) is 2.62. The Morgan fingerprint density at radius 1 is 1.15 bits per heavy atom. The number of nitrogens with zero attached hydrogens (tertiary/aromatic N) is 1. The molecule has 5 nitrogen and oxygen atoms in total. The number of hydrogen-bond donors (Lipinski definition) is 1. The number of benzene rings is 1. The third-order valence-electron chi connectivity index (χ3n) is 7.54. The Bertz CT molecular complexity index is 769. The molecule has 5 heteroatoms. The van der Waals surface area contributed by atoms with Crippen LogP contribution in [0.4, 0.5) is 0 Å². The van der Waals surface area contributed by atoms with Gasteiger partial charge < -0.3 is 14.7 Å². The van der Waals surface area contributed by atoms with Crippen molar-refractivity contribution < 1.29 is 19.4 Å². The maximum atomic E-state index is 13.1. The van der Waals surface area contributed by atoms with Gasteiger partial charge in [-0.25, -0.2) is 0 Å². The van der Waals surface area contributed by atoms with E-state index in [-0.39, 0.29) is 29.3 Å². The van der Waals surface area contributed by atoms with Crippen LogP contribution in [0, 0.1) is 17.8 Å². The number of piperidine rings is 1. The van der Waals surface area contributed by atoms with Crippen LogP contribution in [-0.4, -0.2) is 47.7 Å². The first-order valence-electron chi connectivity index (χ1n) is 10.3. The number of rotatable bonds is 3. The summed E-state index contributed by atoms with van der Waals surface area (Å²) >= 11 is 0. The standard InChI is InChI=1S/C22H27NO4/c24-20(18-13-22(18)9-5-14-3-1-2-4-17(14)22)23-10-6-15(7-11-23)19-16(21(25)26)8-12-27-19/h1-4,15-16,18-19H,5-13H2,(H,25,26)/t16?,18?,19-,22?/m0/s1. The third-order valence-corrected chi connectivity index (χ3v) is 7.54. The number of carboxylic acids is 1. The van der Waals surface area contributed by atoms with E-state index in [0.717, 1.165) is 45.2 Å². The molecule has 0 aromatic heterocycles. The molecule has 3 fully saturated rings. The molecule has 5 rings (SSSR count). The zero-order valence-corrected chi connectivity index (χ0v) is 15.6. The van der Waals surface area contributed by atoms with Gasteiger partial charge in [0.25, 0.3) is 0 Å². The third kappa shape index (κ3) is 2.70. The van der Waals surface area contributed by atoms with Gasteiger partial charge in [-0.15, -0.1) is 0 Å². The molecule has 2 aliphatic heterocycles. The van der Waals surface area contributed by atoms with Gasteiger partial charge in [0, 0.05) is 31.0 Å². The van der Waals surface area contributed by atoms with Crippen LogP contribution >= 0.6 is 0 Å². The van der Waals surface area contributed by atoms with Crippen LogP contribution in [-0.2, 0) is 26.2 Å². The fraction of sp³-hybridized carbons (Fsp3) is 0.636. The summed E-state index contributed by atoms with van der Waals surface area (Å²) in [5.74, 6) is -0.396. The highest BCUT2D eigenvalue weighted by Gasteiger charge is 2.62. The first-order chi connectivity index (χ1) is 13.1. The average molecular weight is 369 g/mol. The summed E-state index contributed by atoms with van der Waals surface area (Å²) in [5, 5.41) is 9.39. The van der Waals surface area contributed by atoms with Crippen molar-refractivity contribution >= 4 is 11.9 Å². The number of carbonyl (C=O) groups excluding carboxylic acids is 1. The zero-order chi connectivity index (χ0) is 18.6. The minimum absolute atomic E-state index is 0.105. The van der Waals surface area contributed by atoms with E-state index in [9.17, 15) is 14.7 Å². The van der Waals surface area contributed by atoms with Gasteiger partial charge in [0.2, 0.25) is 5.91 Å². The van der Waals surface area contributed by atoms with Crippen LogP contribution < -0.4 is 0 Å². The van der Waals surface area contributed by atoms with Crippen molar-refractivity contribution in [3.8, 4) is 0 Å². The fourth-order valence-corrected chi connectivity index (χ4v) is 5.93. The SMILES string of the molecule is O=C(O)C1CCO[C@H]1C1CCN(C(=O)C2CC23CCc2ccccc23)CC1. The number of aryl methyl sites for hydroxylation is 1. The molecular formula is C22H27NO4. The van der Waals surface area contributed by atoms with Crippen molar-refractivity contribution in [2.24, 2.45) is 17.8 Å². The number of aliphatic carboxylic acids is 1. The Labute approximate surface area is 159 Å². The van der Waals surface area contributed by atoms with Gasteiger partial charge in [-0.2, -0.15) is 0 Å². The van der Waals surface area contributed by atoms with Crippen molar-refractivity contribution in [3.05, 3.63) is 35.4 Å². The first kappa shape index (κ1) is 17.2. The largest absolute Gasteiger partial charge is 0.481 e. The maximum Gasteiger partial charge on any atom is 0.309 e. The van der Waals surface area contributed by atoms with Gasteiger partial charge in [0.1, 0.15) is 0 Å². The number of carbonyl (C=O) groups is 2. The van der Waals surface area contributed by atoms with Gasteiger partial charge in [0.15, 0.2) is 0 Å². The quantitative estimate of drug-likeness (QED) is 0.889. The molecule has 4 atom stereocenters. The topological polar surface area (TPSA) is 66.8 Å². The molecule has 0 bridgehead atoms. The normalized spacial score (nSPS) is 35.4. The highest BCUT2D eigenvalue weighted by atomic mass is 16.5. The van der Waals surface area contributed by atoms with Gasteiger partial charge in [-0.1, -0.05) is 24.3 Å². The molecule has 2 saturated heterocycles. The first-order valence-corrected chi connectivity index (χ1v) is 10.3. The molecule has 1 N–H and O–H groups in total. The van der Waals surface area contributed by atoms with E-state index >= 15 is 0 Å². The summed E-state index contributed by atoms with van der Waals surface area (Å²) < 4.78 is 5.75. The van der Waals surface area contributed by atoms with E-state index < -0.39 is 5.97 Å². The van der Waals surface area contributed by atoms with E-state index in [2.05, 4.69) is 24.3 Å². The molecular weight excluding hydrogens is 342 g/mol. The van der Waals surface area contributed by atoms with Gasteiger partial charge in [0.05, 0.1) is 12.0 Å². The molecule has 1 aromatic carbocycles. The molecule has 1 amide bonds. The fourth-order valence-electron chi connectivity index (χ4n) is 5.93. The summed E-state index contributed by atoms with van der Waals surface area (Å²) in [4.78, 5) is 26.6. The summed E-state index contributed by atoms with van der Waals surface area (Å²) in [6.45, 7) is 2.03. The predicted molar refractivity (Wildman–Crippen MR) is 99.3 cm³/mol. The summed E-state index contributed by atoms with van der Waals surface area (Å²) in [7, 11) is 0. The van der Waals surface area contributed by atoms with E-state index in [1.54, 1.807) is 0 Å². The molecule has 3 unspecified atom stereocenters. The number of likely N-dealkylation sites (tertiary alicyclic amines) is 1. The molecule has 2 heterocycles. The van der Waals surface area contributed by atoms with Crippen LogP contribution in [0.5, 0.6) is 0 Å². The number of fused-ring (bicyclic) bond motifs is 2. The van der Waals surface area contributed by atoms with E-state index in [1.165, 1.54) is 11.1 Å². The van der Waals surface area contributed by atoms with Crippen LogP contribution in [0.3, 0.4) is 0 Å². The lowest BCUT2D eigenvalue weighted by molar-refractivity contribution is -0.146. The number of ether oxygens (including phenoxy) is 1. The molecule has 1 spiro atoms. The summed E-state index contributed by atoms with van der Waals surface area (Å²) in [5.41, 5.74) is 2.93. The Morgan fingerprint density at radius 2 is 1.93 bits per heavy atom. The van der Waals surface area contributed by atoms with Crippen molar-refractivity contribution in [2.45, 2.75) is 50.0 Å². The van der Waals surface area contributed by atoms with Gasteiger partial charge in [-0.3, -0.25) is 9.59 Å². The van der Waals surface area contributed by atoms with Crippen molar-refractivity contribution in [2.75, 3.05) is 19.7 Å². The molecule has 2 aliphatic carbocycles. The van der Waals surface area contributed by atoms with Crippen LogP contribution in [0.1, 0.15) is 43.2 Å². The number of hydrogen-bond acceptors (Lipinski definition) is 3. The van der Waals surface area contributed by atoms with E-state index in [4.69, 9.17) is 4.74 Å². The van der Waals surface area contributed by atoms with E-state index in [0.29, 0.717) is 18.9 Å². The van der Waals surface area contributed by atoms with Crippen LogP contribution in [0.2, 0.25) is 0 Å².